The van der Waals surface area contributed by atoms with Crippen molar-refractivity contribution >= 4 is 28.2 Å². The molecule has 0 radical (unpaired) electrons. The fraction of sp³-hybridized carbons (Fsp3) is 0.306. The number of carbonyl (C=O) groups is 1. The van der Waals surface area contributed by atoms with Crippen LogP contribution in [-0.4, -0.2) is 58.3 Å². The van der Waals surface area contributed by atoms with Gasteiger partial charge in [0.2, 0.25) is 5.91 Å². The third kappa shape index (κ3) is 7.46. The van der Waals surface area contributed by atoms with Crippen LogP contribution in [0.1, 0.15) is 43.8 Å². The summed E-state index contributed by atoms with van der Waals surface area (Å²) in [6.07, 6.45) is 4.40. The second kappa shape index (κ2) is 14.9. The lowest BCUT2D eigenvalue weighted by Gasteiger charge is -2.25. The van der Waals surface area contributed by atoms with Gasteiger partial charge in [0.25, 0.3) is 0 Å². The standard InChI is InChI=1S/C30H30FN5O.C6H11NO2/c1-4-19-15-24(27(31)26(16-19)37-5-2)28(30-35-25(18-36(30)3)20-9-7-6-8-10-20)34-22-11-12-23-21(17-22)13-14-33-29(23)32;1-6(8)7-2-4-9-5-3-7/h6-18,28,34H,4-5H2,1-3H3,(H2,32,33);2-5H2,1H3. The lowest BCUT2D eigenvalue weighted by Crippen LogP contribution is -2.39. The number of nitrogens with two attached hydrogens (primary N) is 1. The molecule has 1 unspecified atom stereocenters. The van der Waals surface area contributed by atoms with E-state index in [9.17, 15) is 4.79 Å². The number of carbonyl (C=O) groups excluding carboxylic acids is 1. The maximum absolute atomic E-state index is 16.0. The van der Waals surface area contributed by atoms with Gasteiger partial charge in [-0.05, 0) is 54.6 Å². The highest BCUT2D eigenvalue weighted by atomic mass is 19.1. The highest BCUT2D eigenvalue weighted by molar-refractivity contribution is 5.93. The Hall–Kier alpha value is -4.96. The second-order valence-corrected chi connectivity index (χ2v) is 11.1. The minimum absolute atomic E-state index is 0.151. The van der Waals surface area contributed by atoms with E-state index < -0.39 is 11.9 Å². The van der Waals surface area contributed by atoms with Gasteiger partial charge in [0.15, 0.2) is 11.6 Å². The van der Waals surface area contributed by atoms with Crippen molar-refractivity contribution in [2.24, 2.45) is 7.05 Å². The van der Waals surface area contributed by atoms with Crippen molar-refractivity contribution in [1.29, 1.82) is 0 Å². The zero-order chi connectivity index (χ0) is 32.6. The topological polar surface area (TPSA) is 108 Å². The molecular weight excluding hydrogens is 583 g/mol. The first kappa shape index (κ1) is 32.4. The lowest BCUT2D eigenvalue weighted by atomic mass is 9.99. The first-order valence-electron chi connectivity index (χ1n) is 15.6. The van der Waals surface area contributed by atoms with E-state index in [4.69, 9.17) is 20.2 Å². The van der Waals surface area contributed by atoms with Crippen LogP contribution in [0.4, 0.5) is 15.9 Å². The molecule has 3 aromatic carbocycles. The van der Waals surface area contributed by atoms with Crippen LogP contribution in [0, 0.1) is 5.82 Å². The predicted octanol–water partition coefficient (Wildman–Crippen LogP) is 6.38. The van der Waals surface area contributed by atoms with Crippen molar-refractivity contribution in [3.05, 3.63) is 102 Å². The number of nitrogens with zero attached hydrogens (tertiary/aromatic N) is 4. The number of ether oxygens (including phenoxy) is 2. The minimum atomic E-state index is -0.579. The maximum atomic E-state index is 16.0. The van der Waals surface area contributed by atoms with Gasteiger partial charge >= 0.3 is 0 Å². The van der Waals surface area contributed by atoms with Gasteiger partial charge in [0.05, 0.1) is 25.5 Å². The summed E-state index contributed by atoms with van der Waals surface area (Å²) < 4.78 is 28.6. The zero-order valence-corrected chi connectivity index (χ0v) is 26.8. The molecule has 0 bridgehead atoms. The summed E-state index contributed by atoms with van der Waals surface area (Å²) in [6, 6.07) is 20.8. The number of halogens is 1. The van der Waals surface area contributed by atoms with Crippen LogP contribution in [0.3, 0.4) is 0 Å². The van der Waals surface area contributed by atoms with Gasteiger partial charge in [-0.15, -0.1) is 0 Å². The number of benzene rings is 3. The number of aryl methyl sites for hydroxylation is 2. The molecule has 1 saturated heterocycles. The molecule has 5 aromatic rings. The van der Waals surface area contributed by atoms with E-state index in [-0.39, 0.29) is 11.7 Å². The molecule has 240 valence electrons. The molecule has 46 heavy (non-hydrogen) atoms. The number of morpholine rings is 1. The summed E-state index contributed by atoms with van der Waals surface area (Å²) in [5.74, 6) is 1.16. The zero-order valence-electron chi connectivity index (χ0n) is 26.8. The van der Waals surface area contributed by atoms with Crippen LogP contribution in [0.2, 0.25) is 0 Å². The summed E-state index contributed by atoms with van der Waals surface area (Å²) in [5.41, 5.74) is 10.1. The molecule has 3 heterocycles. The first-order valence-corrected chi connectivity index (χ1v) is 15.6. The quantitative estimate of drug-likeness (QED) is 0.206. The SMILES string of the molecule is CC(=O)N1CCOCC1.CCOc1cc(CC)cc(C(Nc2ccc3c(N)nccc3c2)c2nc(-c3ccccc3)cn2C)c1F. The van der Waals surface area contributed by atoms with Gasteiger partial charge in [-0.3, -0.25) is 4.79 Å². The van der Waals surface area contributed by atoms with Gasteiger partial charge in [-0.25, -0.2) is 14.4 Å². The summed E-state index contributed by atoms with van der Waals surface area (Å²) in [7, 11) is 1.93. The van der Waals surface area contributed by atoms with E-state index >= 15 is 4.39 Å². The molecule has 1 atom stereocenters. The van der Waals surface area contributed by atoms with Gasteiger partial charge < -0.3 is 30.0 Å². The van der Waals surface area contributed by atoms with Crippen molar-refractivity contribution in [1.82, 2.24) is 19.4 Å². The number of pyridine rings is 1. The predicted molar refractivity (Wildman–Crippen MR) is 180 cm³/mol. The summed E-state index contributed by atoms with van der Waals surface area (Å²) in [4.78, 5) is 21.6. The lowest BCUT2D eigenvalue weighted by molar-refractivity contribution is -0.132. The molecule has 10 heteroatoms. The summed E-state index contributed by atoms with van der Waals surface area (Å²) in [5, 5.41) is 5.36. The monoisotopic (exact) mass is 624 g/mol. The Morgan fingerprint density at radius 3 is 2.52 bits per heavy atom. The number of aromatic nitrogens is 3. The number of nitrogens with one attached hydrogen (secondary N) is 1. The van der Waals surface area contributed by atoms with Crippen molar-refractivity contribution in [3.8, 4) is 17.0 Å². The Labute approximate surface area is 269 Å². The van der Waals surface area contributed by atoms with Gasteiger partial charge in [0.1, 0.15) is 17.7 Å². The number of hydrogen-bond acceptors (Lipinski definition) is 7. The Kier molecular flexibility index (Phi) is 10.5. The summed E-state index contributed by atoms with van der Waals surface area (Å²) >= 11 is 0. The van der Waals surface area contributed by atoms with Crippen molar-refractivity contribution in [2.75, 3.05) is 44.0 Å². The van der Waals surface area contributed by atoms with Crippen LogP contribution >= 0.6 is 0 Å². The van der Waals surface area contributed by atoms with Crippen LogP contribution in [0.5, 0.6) is 5.75 Å². The van der Waals surface area contributed by atoms with E-state index in [0.717, 1.165) is 52.8 Å². The minimum Gasteiger partial charge on any atom is -0.491 e. The van der Waals surface area contributed by atoms with Gasteiger partial charge in [0, 0.05) is 61.7 Å². The highest BCUT2D eigenvalue weighted by Gasteiger charge is 2.26. The number of nitrogen functional groups attached to an aromatic ring is 1. The Morgan fingerprint density at radius 1 is 1.09 bits per heavy atom. The molecule has 9 nitrogen and oxygen atoms in total. The molecule has 0 spiro atoms. The average Bonchev–Trinajstić information content (AvgIpc) is 3.47. The fourth-order valence-electron chi connectivity index (χ4n) is 5.47. The van der Waals surface area contributed by atoms with Crippen LogP contribution < -0.4 is 15.8 Å². The van der Waals surface area contributed by atoms with E-state index in [2.05, 4.69) is 10.3 Å². The number of fused-ring (bicyclic) bond motifs is 1. The number of imidazole rings is 1. The van der Waals surface area contributed by atoms with E-state index in [1.165, 1.54) is 0 Å². The third-order valence-electron chi connectivity index (χ3n) is 7.95. The highest BCUT2D eigenvalue weighted by Crippen LogP contribution is 2.35. The van der Waals surface area contributed by atoms with Crippen molar-refractivity contribution < 1.29 is 18.7 Å². The molecule has 3 N–H and O–H groups in total. The molecule has 0 aliphatic carbocycles. The Balaban J connectivity index is 0.000000400. The molecule has 2 aromatic heterocycles. The molecule has 1 aliphatic heterocycles. The number of rotatable bonds is 8. The van der Waals surface area contributed by atoms with Crippen LogP contribution in [-0.2, 0) is 23.0 Å². The third-order valence-corrected chi connectivity index (χ3v) is 7.95. The smallest absolute Gasteiger partial charge is 0.219 e. The Morgan fingerprint density at radius 2 is 1.85 bits per heavy atom. The van der Waals surface area contributed by atoms with Gasteiger partial charge in [-0.2, -0.15) is 0 Å². The van der Waals surface area contributed by atoms with Crippen molar-refractivity contribution in [3.63, 3.8) is 0 Å². The largest absolute Gasteiger partial charge is 0.491 e. The second-order valence-electron chi connectivity index (χ2n) is 11.1. The Bertz CT molecular complexity index is 1790. The number of amides is 1. The normalized spacial score (nSPS) is 13.5. The number of anilines is 2. The average molecular weight is 625 g/mol. The molecule has 6 rings (SSSR count). The van der Waals surface area contributed by atoms with Gasteiger partial charge in [-0.1, -0.05) is 43.3 Å². The molecule has 1 fully saturated rings. The van der Waals surface area contributed by atoms with E-state index in [0.29, 0.717) is 37.0 Å². The molecule has 0 saturated carbocycles. The van der Waals surface area contributed by atoms with Crippen LogP contribution in [0.25, 0.3) is 22.0 Å². The van der Waals surface area contributed by atoms with Crippen LogP contribution in [0.15, 0.2) is 79.1 Å². The first-order chi connectivity index (χ1) is 22.3. The maximum Gasteiger partial charge on any atom is 0.219 e. The summed E-state index contributed by atoms with van der Waals surface area (Å²) in [6.45, 7) is 8.77. The molecule has 1 aliphatic rings. The number of hydrogen-bond donors (Lipinski definition) is 2. The van der Waals surface area contributed by atoms with Crippen molar-refractivity contribution in [2.45, 2.75) is 33.2 Å². The van der Waals surface area contributed by atoms with E-state index in [1.54, 1.807) is 24.1 Å². The fourth-order valence-corrected chi connectivity index (χ4v) is 5.47. The molecule has 1 amide bonds. The van der Waals surface area contributed by atoms with E-state index in [1.807, 2.05) is 92.3 Å². The molecular formula is C36H41FN6O3.